The van der Waals surface area contributed by atoms with E-state index in [0.29, 0.717) is 17.3 Å². The fraction of sp³-hybridized carbons (Fsp3) is 0.680. The molecule has 0 bridgehead atoms. The van der Waals surface area contributed by atoms with Crippen LogP contribution in [0.5, 0.6) is 0 Å². The summed E-state index contributed by atoms with van der Waals surface area (Å²) in [6, 6.07) is 0. The Balaban J connectivity index is 1.83. The summed E-state index contributed by atoms with van der Waals surface area (Å²) in [5.74, 6) is 2.06. The Kier molecular flexibility index (Phi) is 4.95. The van der Waals surface area contributed by atoms with E-state index >= 15 is 0 Å². The van der Waals surface area contributed by atoms with Gasteiger partial charge in [0.2, 0.25) is 0 Å². The van der Waals surface area contributed by atoms with Crippen LogP contribution < -0.4 is 0 Å². The van der Waals surface area contributed by atoms with E-state index in [2.05, 4.69) is 47.1 Å². The maximum atomic E-state index is 4.64. The molecule has 0 aliphatic heterocycles. The van der Waals surface area contributed by atoms with Gasteiger partial charge in [0.15, 0.2) is 0 Å². The predicted molar refractivity (Wildman–Crippen MR) is 110 cm³/mol. The second kappa shape index (κ2) is 6.60. The molecular weight excluding hydrogens is 300 g/mol. The van der Waals surface area contributed by atoms with Crippen molar-refractivity contribution in [2.45, 2.75) is 78.6 Å². The largest absolute Gasteiger partial charge is 0.0998 e. The number of allylic oxidation sites excluding steroid dienone is 4. The maximum Gasteiger partial charge on any atom is -0.00561 e. The van der Waals surface area contributed by atoms with Crippen molar-refractivity contribution in [2.75, 3.05) is 0 Å². The van der Waals surface area contributed by atoms with Crippen LogP contribution in [0.1, 0.15) is 78.6 Å². The molecule has 3 saturated carbocycles. The van der Waals surface area contributed by atoms with Gasteiger partial charge in [0, 0.05) is 0 Å². The van der Waals surface area contributed by atoms with Gasteiger partial charge in [-0.25, -0.2) is 0 Å². The summed E-state index contributed by atoms with van der Waals surface area (Å²) in [7, 11) is 0. The molecule has 25 heavy (non-hydrogen) atoms. The molecule has 3 fully saturated rings. The standard InChI is InChI=1S/C25H38/c1-8-25-14-13-18(3)22(23(25)12-11-20(25)5)15-21(6)24(7)16-17(2)9-10-19(24)4/h19,22-23H,2-3,5-6,8-16H2,1,4,7H3/t19-,22?,23?,24+,25-/m1/s1. The molecule has 0 heteroatoms. The second-order valence-electron chi connectivity index (χ2n) is 9.61. The Labute approximate surface area is 156 Å². The smallest absolute Gasteiger partial charge is 0.00561 e. The number of rotatable bonds is 4. The van der Waals surface area contributed by atoms with E-state index in [1.165, 1.54) is 67.2 Å². The van der Waals surface area contributed by atoms with Crippen LogP contribution in [0.4, 0.5) is 0 Å². The van der Waals surface area contributed by atoms with Gasteiger partial charge in [-0.15, -0.1) is 0 Å². The van der Waals surface area contributed by atoms with E-state index in [4.69, 9.17) is 0 Å². The molecule has 3 aliphatic rings. The zero-order chi connectivity index (χ0) is 18.4. The molecule has 138 valence electrons. The van der Waals surface area contributed by atoms with Gasteiger partial charge in [0.25, 0.3) is 0 Å². The summed E-state index contributed by atoms with van der Waals surface area (Å²) >= 11 is 0. The third kappa shape index (κ3) is 2.90. The average molecular weight is 339 g/mol. The highest BCUT2D eigenvalue weighted by molar-refractivity contribution is 5.29. The predicted octanol–water partition coefficient (Wildman–Crippen LogP) is 7.64. The van der Waals surface area contributed by atoms with Crippen LogP contribution in [0.25, 0.3) is 0 Å². The molecule has 0 aromatic rings. The summed E-state index contributed by atoms with van der Waals surface area (Å²) in [5, 5.41) is 0. The summed E-state index contributed by atoms with van der Waals surface area (Å²) in [5.41, 5.74) is 6.48. The van der Waals surface area contributed by atoms with Crippen molar-refractivity contribution in [3.63, 3.8) is 0 Å². The molecule has 0 amide bonds. The van der Waals surface area contributed by atoms with E-state index < -0.39 is 0 Å². The van der Waals surface area contributed by atoms with Crippen LogP contribution in [-0.2, 0) is 0 Å². The van der Waals surface area contributed by atoms with Crippen molar-refractivity contribution in [3.8, 4) is 0 Å². The Morgan fingerprint density at radius 3 is 2.52 bits per heavy atom. The lowest BCUT2D eigenvalue weighted by Crippen LogP contribution is -2.39. The Morgan fingerprint density at radius 2 is 1.84 bits per heavy atom. The lowest BCUT2D eigenvalue weighted by Gasteiger charge is -2.48. The SMILES string of the molecule is C=C1CC[C@@H](C)[C@@](C)(C(=C)CC2C(=C)CC[C@]3(CC)C(=C)CCC23)C1. The molecule has 5 atom stereocenters. The van der Waals surface area contributed by atoms with Crippen molar-refractivity contribution < 1.29 is 0 Å². The summed E-state index contributed by atoms with van der Waals surface area (Å²) in [6.45, 7) is 25.2. The Morgan fingerprint density at radius 1 is 1.12 bits per heavy atom. The van der Waals surface area contributed by atoms with Crippen LogP contribution in [0.3, 0.4) is 0 Å². The molecule has 0 spiro atoms. The molecule has 0 N–H and O–H groups in total. The van der Waals surface area contributed by atoms with Crippen LogP contribution in [0.15, 0.2) is 48.6 Å². The molecular formula is C25H38. The van der Waals surface area contributed by atoms with Crippen molar-refractivity contribution in [3.05, 3.63) is 48.6 Å². The van der Waals surface area contributed by atoms with Crippen LogP contribution in [0.2, 0.25) is 0 Å². The highest BCUT2D eigenvalue weighted by Gasteiger charge is 2.51. The molecule has 2 unspecified atom stereocenters. The highest BCUT2D eigenvalue weighted by Crippen LogP contribution is 2.61. The second-order valence-corrected chi connectivity index (χ2v) is 9.61. The van der Waals surface area contributed by atoms with Gasteiger partial charge >= 0.3 is 0 Å². The topological polar surface area (TPSA) is 0 Å². The molecule has 0 heterocycles. The van der Waals surface area contributed by atoms with E-state index in [-0.39, 0.29) is 5.41 Å². The van der Waals surface area contributed by atoms with E-state index in [1.807, 2.05) is 0 Å². The van der Waals surface area contributed by atoms with Gasteiger partial charge in [-0.2, -0.15) is 0 Å². The summed E-state index contributed by atoms with van der Waals surface area (Å²) < 4.78 is 0. The lowest BCUT2D eigenvalue weighted by molar-refractivity contribution is 0.123. The molecule has 3 aliphatic carbocycles. The van der Waals surface area contributed by atoms with Crippen molar-refractivity contribution in [1.82, 2.24) is 0 Å². The van der Waals surface area contributed by atoms with Gasteiger partial charge in [-0.1, -0.05) is 69.4 Å². The van der Waals surface area contributed by atoms with Gasteiger partial charge in [0.05, 0.1) is 0 Å². The van der Waals surface area contributed by atoms with Gasteiger partial charge < -0.3 is 0 Å². The minimum Gasteiger partial charge on any atom is -0.0998 e. The summed E-state index contributed by atoms with van der Waals surface area (Å²) in [6.07, 6.45) is 11.0. The first-order valence-electron chi connectivity index (χ1n) is 10.5. The molecule has 3 rings (SSSR count). The van der Waals surface area contributed by atoms with Crippen molar-refractivity contribution in [2.24, 2.45) is 28.6 Å². The molecule has 0 nitrogen and oxygen atoms in total. The zero-order valence-electron chi connectivity index (χ0n) is 16.9. The molecule has 0 saturated heterocycles. The molecule has 0 aromatic heterocycles. The zero-order valence-corrected chi connectivity index (χ0v) is 16.9. The minimum atomic E-state index is 0.220. The van der Waals surface area contributed by atoms with Crippen molar-refractivity contribution >= 4 is 0 Å². The number of fused-ring (bicyclic) bond motifs is 1. The van der Waals surface area contributed by atoms with Gasteiger partial charge in [-0.05, 0) is 86.4 Å². The van der Waals surface area contributed by atoms with Gasteiger partial charge in [0.1, 0.15) is 0 Å². The highest BCUT2D eigenvalue weighted by atomic mass is 14.6. The van der Waals surface area contributed by atoms with Crippen molar-refractivity contribution in [1.29, 1.82) is 0 Å². The first-order chi connectivity index (χ1) is 11.7. The average Bonchev–Trinajstić information content (AvgIpc) is 2.91. The minimum absolute atomic E-state index is 0.220. The third-order valence-corrected chi connectivity index (χ3v) is 8.61. The Bertz CT molecular complexity index is 606. The fourth-order valence-corrected chi connectivity index (χ4v) is 6.39. The summed E-state index contributed by atoms with van der Waals surface area (Å²) in [4.78, 5) is 0. The van der Waals surface area contributed by atoms with E-state index in [0.717, 1.165) is 18.8 Å². The quantitative estimate of drug-likeness (QED) is 0.462. The van der Waals surface area contributed by atoms with Gasteiger partial charge in [-0.3, -0.25) is 0 Å². The monoisotopic (exact) mass is 338 g/mol. The lowest BCUT2D eigenvalue weighted by atomic mass is 9.56. The first-order valence-corrected chi connectivity index (χ1v) is 10.5. The fourth-order valence-electron chi connectivity index (χ4n) is 6.39. The number of hydrogen-bond acceptors (Lipinski definition) is 0. The normalized spacial score (nSPS) is 41.7. The Hall–Kier alpha value is -1.04. The third-order valence-electron chi connectivity index (χ3n) is 8.61. The van der Waals surface area contributed by atoms with Crippen LogP contribution in [0, 0.1) is 28.6 Å². The van der Waals surface area contributed by atoms with Crippen LogP contribution >= 0.6 is 0 Å². The number of hydrogen-bond donors (Lipinski definition) is 0. The molecule has 0 radical (unpaired) electrons. The van der Waals surface area contributed by atoms with E-state index in [9.17, 15) is 0 Å². The van der Waals surface area contributed by atoms with E-state index in [1.54, 1.807) is 0 Å². The first kappa shape index (κ1) is 18.7. The maximum absolute atomic E-state index is 4.64. The molecule has 0 aromatic carbocycles. The van der Waals surface area contributed by atoms with Crippen LogP contribution in [-0.4, -0.2) is 0 Å².